The Bertz CT molecular complexity index is 411. The van der Waals surface area contributed by atoms with Crippen LogP contribution in [-0.4, -0.2) is 43.9 Å². The number of morpholine rings is 1. The van der Waals surface area contributed by atoms with E-state index in [-0.39, 0.29) is 0 Å². The van der Waals surface area contributed by atoms with Gasteiger partial charge in [-0.2, -0.15) is 5.26 Å². The molecule has 1 aromatic rings. The number of nitriles is 1. The molecule has 18 heavy (non-hydrogen) atoms. The fourth-order valence-electron chi connectivity index (χ4n) is 2.01. The quantitative estimate of drug-likeness (QED) is 0.810. The van der Waals surface area contributed by atoms with Crippen molar-refractivity contribution in [2.75, 3.05) is 32.8 Å². The topological polar surface area (TPSA) is 45.5 Å². The van der Waals surface area contributed by atoms with Gasteiger partial charge >= 0.3 is 0 Å². The molecule has 1 saturated heterocycles. The molecule has 4 nitrogen and oxygen atoms in total. The normalized spacial score (nSPS) is 20.3. The summed E-state index contributed by atoms with van der Waals surface area (Å²) in [6.07, 6.45) is 0.314. The lowest BCUT2D eigenvalue weighted by atomic mass is 10.2. The summed E-state index contributed by atoms with van der Waals surface area (Å²) in [6.45, 7) is 6.41. The van der Waals surface area contributed by atoms with E-state index in [9.17, 15) is 0 Å². The smallest absolute Gasteiger partial charge is 0.119 e. The Balaban J connectivity index is 1.72. The molecule has 0 saturated carbocycles. The molecule has 0 bridgehead atoms. The molecule has 1 aliphatic rings. The fraction of sp³-hybridized carbons (Fsp3) is 0.500. The van der Waals surface area contributed by atoms with E-state index in [2.05, 4.69) is 17.9 Å². The van der Waals surface area contributed by atoms with Gasteiger partial charge in [-0.25, -0.2) is 0 Å². The monoisotopic (exact) mass is 246 g/mol. The lowest BCUT2D eigenvalue weighted by Crippen LogP contribution is -2.42. The first-order chi connectivity index (χ1) is 8.78. The maximum absolute atomic E-state index is 8.69. The van der Waals surface area contributed by atoms with Gasteiger partial charge in [0.1, 0.15) is 12.4 Å². The first-order valence-electron chi connectivity index (χ1n) is 6.25. The first-order valence-corrected chi connectivity index (χ1v) is 6.25. The Hall–Kier alpha value is -1.57. The third kappa shape index (κ3) is 3.73. The van der Waals surface area contributed by atoms with Crippen LogP contribution in [0.25, 0.3) is 0 Å². The van der Waals surface area contributed by atoms with Crippen LogP contribution >= 0.6 is 0 Å². The number of hydrogen-bond donors (Lipinski definition) is 0. The van der Waals surface area contributed by atoms with E-state index in [1.807, 2.05) is 12.1 Å². The van der Waals surface area contributed by atoms with Crippen LogP contribution in [0.15, 0.2) is 24.3 Å². The summed E-state index contributed by atoms with van der Waals surface area (Å²) < 4.78 is 11.1. The highest BCUT2D eigenvalue weighted by Gasteiger charge is 2.15. The molecule has 4 heteroatoms. The van der Waals surface area contributed by atoms with E-state index in [0.29, 0.717) is 18.3 Å². The summed E-state index contributed by atoms with van der Waals surface area (Å²) in [5, 5.41) is 8.69. The van der Waals surface area contributed by atoms with Crippen molar-refractivity contribution in [1.82, 2.24) is 4.90 Å². The van der Waals surface area contributed by atoms with Gasteiger partial charge in [0.25, 0.3) is 0 Å². The van der Waals surface area contributed by atoms with Gasteiger partial charge in [0.05, 0.1) is 24.3 Å². The van der Waals surface area contributed by atoms with Crippen LogP contribution < -0.4 is 4.74 Å². The molecule has 1 atom stereocenters. The van der Waals surface area contributed by atoms with E-state index >= 15 is 0 Å². The molecule has 1 heterocycles. The third-order valence-corrected chi connectivity index (χ3v) is 2.98. The Labute approximate surface area is 108 Å². The molecule has 0 radical (unpaired) electrons. The third-order valence-electron chi connectivity index (χ3n) is 2.98. The maximum Gasteiger partial charge on any atom is 0.119 e. The lowest BCUT2D eigenvalue weighted by molar-refractivity contribution is -0.0214. The zero-order chi connectivity index (χ0) is 12.8. The summed E-state index contributed by atoms with van der Waals surface area (Å²) in [6, 6.07) is 9.30. The van der Waals surface area contributed by atoms with Crippen LogP contribution in [-0.2, 0) is 4.74 Å². The van der Waals surface area contributed by atoms with Crippen molar-refractivity contribution in [1.29, 1.82) is 5.26 Å². The molecule has 0 spiro atoms. The van der Waals surface area contributed by atoms with Gasteiger partial charge in [-0.05, 0) is 31.2 Å². The molecule has 0 amide bonds. The van der Waals surface area contributed by atoms with Gasteiger partial charge < -0.3 is 9.47 Å². The predicted molar refractivity (Wildman–Crippen MR) is 68.5 cm³/mol. The van der Waals surface area contributed by atoms with E-state index in [4.69, 9.17) is 14.7 Å². The zero-order valence-corrected chi connectivity index (χ0v) is 10.6. The van der Waals surface area contributed by atoms with Crippen LogP contribution in [0, 0.1) is 11.3 Å². The van der Waals surface area contributed by atoms with Crippen molar-refractivity contribution in [2.24, 2.45) is 0 Å². The minimum atomic E-state index is 0.314. The number of rotatable bonds is 4. The highest BCUT2D eigenvalue weighted by molar-refractivity contribution is 5.34. The Morgan fingerprint density at radius 2 is 2.22 bits per heavy atom. The Morgan fingerprint density at radius 3 is 2.89 bits per heavy atom. The van der Waals surface area contributed by atoms with Crippen molar-refractivity contribution in [2.45, 2.75) is 13.0 Å². The van der Waals surface area contributed by atoms with Crippen LogP contribution in [0.1, 0.15) is 12.5 Å². The molecule has 0 N–H and O–H groups in total. The molecule has 2 rings (SSSR count). The van der Waals surface area contributed by atoms with Crippen molar-refractivity contribution in [3.63, 3.8) is 0 Å². The zero-order valence-electron chi connectivity index (χ0n) is 10.6. The largest absolute Gasteiger partial charge is 0.492 e. The van der Waals surface area contributed by atoms with Crippen LogP contribution in [0.3, 0.4) is 0 Å². The van der Waals surface area contributed by atoms with Crippen molar-refractivity contribution < 1.29 is 9.47 Å². The molecular formula is C14H18N2O2. The van der Waals surface area contributed by atoms with E-state index in [1.54, 1.807) is 12.1 Å². The predicted octanol–water partition coefficient (Wildman–Crippen LogP) is 1.66. The summed E-state index contributed by atoms with van der Waals surface area (Å²) in [5.74, 6) is 0.815. The van der Waals surface area contributed by atoms with Crippen LogP contribution in [0.4, 0.5) is 0 Å². The van der Waals surface area contributed by atoms with Crippen molar-refractivity contribution in [3.8, 4) is 11.8 Å². The van der Waals surface area contributed by atoms with Gasteiger partial charge in [-0.3, -0.25) is 4.90 Å². The second kappa shape index (κ2) is 6.39. The van der Waals surface area contributed by atoms with Crippen molar-refractivity contribution in [3.05, 3.63) is 29.8 Å². The Morgan fingerprint density at radius 1 is 1.44 bits per heavy atom. The molecule has 1 aromatic carbocycles. The number of ether oxygens (including phenoxy) is 2. The summed E-state index contributed by atoms with van der Waals surface area (Å²) >= 11 is 0. The molecular weight excluding hydrogens is 228 g/mol. The van der Waals surface area contributed by atoms with Crippen molar-refractivity contribution >= 4 is 0 Å². The average Bonchev–Trinajstić information content (AvgIpc) is 2.40. The van der Waals surface area contributed by atoms with E-state index < -0.39 is 0 Å². The van der Waals surface area contributed by atoms with E-state index in [0.717, 1.165) is 32.0 Å². The molecule has 0 aromatic heterocycles. The summed E-state index contributed by atoms with van der Waals surface area (Å²) in [4.78, 5) is 2.35. The minimum absolute atomic E-state index is 0.314. The SMILES string of the molecule is C[C@H]1CN(CCOc2ccc(C#N)cc2)CCO1. The number of nitrogens with zero attached hydrogens (tertiary/aromatic N) is 2. The molecule has 0 unspecified atom stereocenters. The highest BCUT2D eigenvalue weighted by atomic mass is 16.5. The molecule has 96 valence electrons. The molecule has 1 fully saturated rings. The maximum atomic E-state index is 8.69. The van der Waals surface area contributed by atoms with Gasteiger partial charge in [0, 0.05) is 19.6 Å². The van der Waals surface area contributed by atoms with Gasteiger partial charge in [0.2, 0.25) is 0 Å². The molecule has 1 aliphatic heterocycles. The van der Waals surface area contributed by atoms with Crippen LogP contribution in [0.5, 0.6) is 5.75 Å². The van der Waals surface area contributed by atoms with E-state index in [1.165, 1.54) is 0 Å². The summed E-state index contributed by atoms with van der Waals surface area (Å²) in [5.41, 5.74) is 0.657. The standard InChI is InChI=1S/C14H18N2O2/c1-12-11-16(6-8-17-12)7-9-18-14-4-2-13(10-15)3-5-14/h2-5,12H,6-9,11H2,1H3/t12-/m0/s1. The van der Waals surface area contributed by atoms with Gasteiger partial charge in [0.15, 0.2) is 0 Å². The first kappa shape index (κ1) is 12.9. The second-order valence-electron chi connectivity index (χ2n) is 4.47. The average molecular weight is 246 g/mol. The summed E-state index contributed by atoms with van der Waals surface area (Å²) in [7, 11) is 0. The van der Waals surface area contributed by atoms with Gasteiger partial charge in [-0.1, -0.05) is 0 Å². The highest BCUT2D eigenvalue weighted by Crippen LogP contribution is 2.11. The van der Waals surface area contributed by atoms with Crippen LogP contribution in [0.2, 0.25) is 0 Å². The molecule has 0 aliphatic carbocycles. The fourth-order valence-corrected chi connectivity index (χ4v) is 2.01. The minimum Gasteiger partial charge on any atom is -0.492 e. The lowest BCUT2D eigenvalue weighted by Gasteiger charge is -2.30. The second-order valence-corrected chi connectivity index (χ2v) is 4.47. The van der Waals surface area contributed by atoms with Gasteiger partial charge in [-0.15, -0.1) is 0 Å². The number of hydrogen-bond acceptors (Lipinski definition) is 4. The Kier molecular flexibility index (Phi) is 4.57. The number of benzene rings is 1.